The van der Waals surface area contributed by atoms with Crippen LogP contribution in [0.1, 0.15) is 62.6 Å². The van der Waals surface area contributed by atoms with E-state index >= 15 is 0 Å². The second kappa shape index (κ2) is 66.5. The van der Waals surface area contributed by atoms with E-state index in [0.29, 0.717) is 228 Å². The monoisotopic (exact) mass is 1550 g/mol. The number of anilines is 3. The maximum absolute atomic E-state index is 14.2. The largest absolute Gasteiger partial charge is 0.491 e. The van der Waals surface area contributed by atoms with Gasteiger partial charge in [0.05, 0.1) is 248 Å². The molecule has 107 heavy (non-hydrogen) atoms. The molecule has 0 saturated heterocycles. The molecule has 618 valence electrons. The van der Waals surface area contributed by atoms with E-state index in [0.717, 1.165) is 57.4 Å². The molecule has 0 unspecified atom stereocenters. The van der Waals surface area contributed by atoms with Gasteiger partial charge in [0.2, 0.25) is 0 Å². The van der Waals surface area contributed by atoms with Gasteiger partial charge >= 0.3 is 24.4 Å². The second-order valence-corrected chi connectivity index (χ2v) is 23.3. The van der Waals surface area contributed by atoms with E-state index in [2.05, 4.69) is 26.3 Å². The molecule has 0 aliphatic rings. The van der Waals surface area contributed by atoms with Crippen molar-refractivity contribution in [1.82, 2.24) is 15.6 Å². The summed E-state index contributed by atoms with van der Waals surface area (Å²) in [5, 5.41) is 10.9. The van der Waals surface area contributed by atoms with Gasteiger partial charge in [0.25, 0.3) is 0 Å². The van der Waals surface area contributed by atoms with Gasteiger partial charge in [-0.15, -0.1) is 0 Å². The Labute approximate surface area is 626 Å². The molecular weight excluding hydrogens is 1430 g/mol. The zero-order valence-corrected chi connectivity index (χ0v) is 62.9. The number of para-hydroxylation sites is 1. The van der Waals surface area contributed by atoms with E-state index in [1.54, 1.807) is 44.4 Å². The molecule has 35 heteroatoms. The molecule has 1 aromatic heterocycles. The Morgan fingerprint density at radius 1 is 0.355 bits per heavy atom. The zero-order chi connectivity index (χ0) is 77.0. The van der Waals surface area contributed by atoms with Crippen LogP contribution in [0.5, 0.6) is 5.75 Å². The van der Waals surface area contributed by atoms with Crippen LogP contribution >= 0.6 is 0 Å². The first kappa shape index (κ1) is 96.0. The number of rotatable bonds is 75. The van der Waals surface area contributed by atoms with Crippen molar-refractivity contribution in [3.63, 3.8) is 0 Å². The van der Waals surface area contributed by atoms with Crippen molar-refractivity contribution in [2.45, 2.75) is 63.7 Å². The average Bonchev–Trinajstić information content (AvgIpc) is 0.759. The average molecular weight is 1550 g/mol. The molecule has 0 saturated carbocycles. The number of carbonyl (C=O) groups is 2. The number of halogens is 6. The number of hydrogen-bond acceptors (Lipinski definition) is 25. The normalized spacial score (nSPS) is 11.9. The molecular formula is C72H120F6N6O23. The third-order valence-corrected chi connectivity index (χ3v) is 14.8. The van der Waals surface area contributed by atoms with Gasteiger partial charge < -0.3 is 126 Å². The Kier molecular flexibility index (Phi) is 59.7. The SMILES string of the molecule is COCCOCCOCCOCCOCCOCCOCCCCCCNC(=O)Nc1cc(NC(=O)NCCCCCCOCCOCCOCCOCCOCCOCCOC)cc(OCCOCCOCCN(CCOCCOCCOCCOC)c2cccc3c(C(F)(F)F)cc(C(F)(F)F)nc23)c1. The highest BCUT2D eigenvalue weighted by molar-refractivity contribution is 5.94. The molecule has 2 aromatic carbocycles. The number of hydrogen-bond donors (Lipinski definition) is 4. The molecule has 3 rings (SSSR count). The molecule has 0 fully saturated rings. The molecule has 0 bridgehead atoms. The number of fused-ring (bicyclic) bond motifs is 1. The number of alkyl halides is 6. The summed E-state index contributed by atoms with van der Waals surface area (Å²) in [6.45, 7) is 16.0. The van der Waals surface area contributed by atoms with Crippen molar-refractivity contribution in [2.24, 2.45) is 0 Å². The Morgan fingerprint density at radius 2 is 0.664 bits per heavy atom. The van der Waals surface area contributed by atoms with Crippen molar-refractivity contribution >= 4 is 40.0 Å². The Bertz CT molecular complexity index is 2520. The lowest BCUT2D eigenvalue weighted by molar-refractivity contribution is -0.144. The van der Waals surface area contributed by atoms with Crippen molar-refractivity contribution in [2.75, 3.05) is 314 Å². The molecule has 29 nitrogen and oxygen atoms in total. The van der Waals surface area contributed by atoms with Crippen LogP contribution in [0.25, 0.3) is 10.9 Å². The highest BCUT2D eigenvalue weighted by Crippen LogP contribution is 2.41. The van der Waals surface area contributed by atoms with Crippen LogP contribution in [0.2, 0.25) is 0 Å². The van der Waals surface area contributed by atoms with Crippen molar-refractivity contribution in [3.8, 4) is 5.75 Å². The van der Waals surface area contributed by atoms with E-state index in [1.807, 2.05) is 0 Å². The number of benzene rings is 2. The Morgan fingerprint density at radius 3 is 0.991 bits per heavy atom. The van der Waals surface area contributed by atoms with Crippen LogP contribution in [0.3, 0.4) is 0 Å². The number of unbranched alkanes of at least 4 members (excludes halogenated alkanes) is 6. The van der Waals surface area contributed by atoms with Crippen LogP contribution in [0, 0.1) is 0 Å². The van der Waals surface area contributed by atoms with E-state index in [1.165, 1.54) is 12.1 Å². The predicted molar refractivity (Wildman–Crippen MR) is 386 cm³/mol. The summed E-state index contributed by atoms with van der Waals surface area (Å²) in [5.41, 5.74) is -2.91. The molecule has 1 heterocycles. The number of nitrogens with zero attached hydrogens (tertiary/aromatic N) is 2. The Hall–Kier alpha value is -5.23. The molecule has 4 N–H and O–H groups in total. The van der Waals surface area contributed by atoms with Crippen molar-refractivity contribution in [3.05, 3.63) is 53.7 Å². The molecule has 3 aromatic rings. The number of carbonyl (C=O) groups excluding carboxylic acids is 2. The van der Waals surface area contributed by atoms with Crippen molar-refractivity contribution < 1.29 is 135 Å². The number of aromatic nitrogens is 1. The highest BCUT2D eigenvalue weighted by atomic mass is 19.4. The van der Waals surface area contributed by atoms with Crippen LogP contribution < -0.4 is 30.9 Å². The molecule has 0 aliphatic carbocycles. The number of urea groups is 2. The van der Waals surface area contributed by atoms with Crippen LogP contribution in [-0.4, -0.2) is 316 Å². The second-order valence-electron chi connectivity index (χ2n) is 23.3. The number of methoxy groups -OCH3 is 3. The fourth-order valence-corrected chi connectivity index (χ4v) is 9.43. The lowest BCUT2D eigenvalue weighted by Gasteiger charge is -2.26. The molecule has 0 spiro atoms. The van der Waals surface area contributed by atoms with Crippen LogP contribution in [-0.2, 0) is 107 Å². The quantitative estimate of drug-likeness (QED) is 0.0303. The van der Waals surface area contributed by atoms with Crippen LogP contribution in [0.15, 0.2) is 42.5 Å². The summed E-state index contributed by atoms with van der Waals surface area (Å²) in [7, 11) is 4.81. The summed E-state index contributed by atoms with van der Waals surface area (Å²) in [5.74, 6) is 0.315. The molecule has 0 radical (unpaired) electrons. The molecule has 0 aliphatic heterocycles. The predicted octanol–water partition coefficient (Wildman–Crippen LogP) is 8.74. The Balaban J connectivity index is 1.41. The maximum Gasteiger partial charge on any atom is 0.433 e. The summed E-state index contributed by atoms with van der Waals surface area (Å²) >= 11 is 0. The summed E-state index contributed by atoms with van der Waals surface area (Å²) in [6.07, 6.45) is -3.55. The number of pyridine rings is 1. The van der Waals surface area contributed by atoms with E-state index < -0.39 is 46.6 Å². The minimum Gasteiger partial charge on any atom is -0.491 e. The number of ether oxygens (including phenoxy) is 21. The molecule has 0 atom stereocenters. The first-order valence-electron chi connectivity index (χ1n) is 36.8. The fourth-order valence-electron chi connectivity index (χ4n) is 9.43. The minimum absolute atomic E-state index is 0.00397. The van der Waals surface area contributed by atoms with Gasteiger partial charge in [0, 0.05) is 89.6 Å². The van der Waals surface area contributed by atoms with E-state index in [4.69, 9.17) is 99.5 Å². The highest BCUT2D eigenvalue weighted by Gasteiger charge is 2.40. The zero-order valence-electron chi connectivity index (χ0n) is 62.9. The van der Waals surface area contributed by atoms with Gasteiger partial charge in [0.15, 0.2) is 0 Å². The van der Waals surface area contributed by atoms with Gasteiger partial charge in [0.1, 0.15) is 18.1 Å². The third-order valence-electron chi connectivity index (χ3n) is 14.8. The van der Waals surface area contributed by atoms with Crippen molar-refractivity contribution in [1.29, 1.82) is 0 Å². The van der Waals surface area contributed by atoms with E-state index in [9.17, 15) is 35.9 Å². The smallest absolute Gasteiger partial charge is 0.433 e. The minimum atomic E-state index is -5.16. The first-order valence-corrected chi connectivity index (χ1v) is 36.8. The van der Waals surface area contributed by atoms with E-state index in [-0.39, 0.29) is 77.7 Å². The fraction of sp³-hybridized carbons (Fsp3) is 0.764. The van der Waals surface area contributed by atoms with Gasteiger partial charge in [-0.25, -0.2) is 14.6 Å². The summed E-state index contributed by atoms with van der Waals surface area (Å²) < 4.78 is 200. The molecule has 4 amide bonds. The number of amides is 4. The van der Waals surface area contributed by atoms with Gasteiger partial charge in [-0.1, -0.05) is 37.8 Å². The maximum atomic E-state index is 14.2. The van der Waals surface area contributed by atoms with Gasteiger partial charge in [-0.3, -0.25) is 0 Å². The lowest BCUT2D eigenvalue weighted by atomic mass is 10.0. The van der Waals surface area contributed by atoms with Crippen LogP contribution in [0.4, 0.5) is 53.0 Å². The topological polar surface area (TPSA) is 292 Å². The van der Waals surface area contributed by atoms with Gasteiger partial charge in [-0.05, 0) is 43.9 Å². The van der Waals surface area contributed by atoms with Gasteiger partial charge in [-0.2, -0.15) is 26.3 Å². The standard InChI is InChI=1S/C72H120F6N6O23/c1-87-23-26-94-37-40-99-35-31-92-21-17-84(66-14-12-13-64-65(71(73,74)75)60-67(72(76,77)78)83-68(64)66)18-22-93-32-36-106-55-56-107-63-58-61(81-69(85)79-15-8-4-6-10-19-90-29-33-97-43-45-102-51-53-104-49-47-100-41-38-95-27-24-88-2)57-62(59-63)82-70(86)80-16-9-5-7-11-20-91-30-34-98-44-46-103-52-54-105-50-48-101-42-39-96-28-25-89-3/h12-14,57-60H,4-11,15-56H2,1-3H3,(H2,79,81,85)(H2,80,82,86). The first-order chi connectivity index (χ1) is 52.3. The summed E-state index contributed by atoms with van der Waals surface area (Å²) in [6, 6.07) is 7.73. The number of nitrogens with one attached hydrogen (secondary N) is 4. The summed E-state index contributed by atoms with van der Waals surface area (Å²) in [4.78, 5) is 31.5. The lowest BCUT2D eigenvalue weighted by Crippen LogP contribution is -2.32. The third kappa shape index (κ3) is 53.3.